The number of para-hydroxylation sites is 1. The highest BCUT2D eigenvalue weighted by molar-refractivity contribution is 9.10. The highest BCUT2D eigenvalue weighted by atomic mass is 79.9. The zero-order valence-corrected chi connectivity index (χ0v) is 16.9. The molecule has 9 heteroatoms. The van der Waals surface area contributed by atoms with Crippen molar-refractivity contribution in [3.05, 3.63) is 28.7 Å². The average Bonchev–Trinajstić information content (AvgIpc) is 2.63. The summed E-state index contributed by atoms with van der Waals surface area (Å²) in [4.78, 5) is 46.4. The molecular weight excluding hydrogens is 418 g/mol. The van der Waals surface area contributed by atoms with Crippen LogP contribution in [0.25, 0.3) is 0 Å². The van der Waals surface area contributed by atoms with Crippen LogP contribution in [0.3, 0.4) is 0 Å². The van der Waals surface area contributed by atoms with Crippen LogP contribution in [-0.2, 0) is 23.9 Å². The lowest BCUT2D eigenvalue weighted by Crippen LogP contribution is -2.37. The number of carbonyl (C=O) groups excluding carboxylic acids is 4. The number of halogens is 1. The van der Waals surface area contributed by atoms with Gasteiger partial charge in [0.1, 0.15) is 6.54 Å². The van der Waals surface area contributed by atoms with Crippen molar-refractivity contribution in [2.45, 2.75) is 26.7 Å². The first-order chi connectivity index (χ1) is 12.8. The molecule has 27 heavy (non-hydrogen) atoms. The summed E-state index contributed by atoms with van der Waals surface area (Å²) >= 11 is 3.30. The van der Waals surface area contributed by atoms with Crippen LogP contribution in [0.5, 0.6) is 0 Å². The van der Waals surface area contributed by atoms with Gasteiger partial charge in [-0.1, -0.05) is 26.0 Å². The van der Waals surface area contributed by atoms with Crippen molar-refractivity contribution in [2.24, 2.45) is 5.92 Å². The number of rotatable bonds is 10. The summed E-state index contributed by atoms with van der Waals surface area (Å²) in [7, 11) is 0. The highest BCUT2D eigenvalue weighted by Gasteiger charge is 2.11. The number of esters is 1. The van der Waals surface area contributed by atoms with E-state index in [0.717, 1.165) is 6.42 Å². The van der Waals surface area contributed by atoms with Gasteiger partial charge in [-0.15, -0.1) is 0 Å². The summed E-state index contributed by atoms with van der Waals surface area (Å²) in [6.07, 6.45) is 1.06. The Morgan fingerprint density at radius 2 is 1.67 bits per heavy atom. The Morgan fingerprint density at radius 1 is 1.00 bits per heavy atom. The zero-order valence-electron chi connectivity index (χ0n) is 15.3. The molecule has 0 aromatic heterocycles. The maximum Gasteiger partial charge on any atom is 0.325 e. The van der Waals surface area contributed by atoms with Gasteiger partial charge in [-0.2, -0.15) is 0 Å². The first kappa shape index (κ1) is 22.6. The second kappa shape index (κ2) is 12.1. The van der Waals surface area contributed by atoms with Gasteiger partial charge in [-0.25, -0.2) is 0 Å². The van der Waals surface area contributed by atoms with Crippen LogP contribution >= 0.6 is 15.9 Å². The third-order valence-electron chi connectivity index (χ3n) is 3.34. The van der Waals surface area contributed by atoms with Gasteiger partial charge in [0.05, 0.1) is 12.2 Å². The van der Waals surface area contributed by atoms with E-state index in [-0.39, 0.29) is 19.0 Å². The molecule has 148 valence electrons. The smallest absolute Gasteiger partial charge is 0.325 e. The van der Waals surface area contributed by atoms with E-state index in [0.29, 0.717) is 22.5 Å². The largest absolute Gasteiger partial charge is 0.454 e. The Hall–Kier alpha value is -2.42. The van der Waals surface area contributed by atoms with E-state index < -0.39 is 24.4 Å². The standard InChI is InChI=1S/C18H24BrN3O5/c1-12(2)7-8-15(23)21-10-18(26)27-11-17(25)20-9-16(24)22-14-6-4-3-5-13(14)19/h3-6,12H,7-11H2,1-2H3,(H,20,25)(H,21,23)(H,22,24). The molecule has 0 bridgehead atoms. The topological polar surface area (TPSA) is 114 Å². The third kappa shape index (κ3) is 10.3. The molecule has 0 spiro atoms. The number of ether oxygens (including phenoxy) is 1. The molecule has 1 aromatic carbocycles. The van der Waals surface area contributed by atoms with E-state index in [9.17, 15) is 19.2 Å². The van der Waals surface area contributed by atoms with Crippen molar-refractivity contribution < 1.29 is 23.9 Å². The predicted octanol–water partition coefficient (Wildman–Crippen LogP) is 1.60. The predicted molar refractivity (Wildman–Crippen MR) is 104 cm³/mol. The fourth-order valence-electron chi connectivity index (χ4n) is 1.86. The molecule has 8 nitrogen and oxygen atoms in total. The first-order valence-electron chi connectivity index (χ1n) is 8.51. The van der Waals surface area contributed by atoms with E-state index >= 15 is 0 Å². The van der Waals surface area contributed by atoms with E-state index in [1.807, 2.05) is 19.9 Å². The molecule has 0 aliphatic carbocycles. The van der Waals surface area contributed by atoms with E-state index in [1.165, 1.54) is 0 Å². The van der Waals surface area contributed by atoms with Crippen LogP contribution in [0.4, 0.5) is 5.69 Å². The second-order valence-corrected chi connectivity index (χ2v) is 7.03. The number of hydrogen-bond donors (Lipinski definition) is 3. The summed E-state index contributed by atoms with van der Waals surface area (Å²) in [6.45, 7) is 2.91. The monoisotopic (exact) mass is 441 g/mol. The Morgan fingerprint density at radius 3 is 2.33 bits per heavy atom. The van der Waals surface area contributed by atoms with Crippen LogP contribution in [0.15, 0.2) is 28.7 Å². The van der Waals surface area contributed by atoms with Gasteiger partial charge in [0, 0.05) is 10.9 Å². The maximum atomic E-state index is 11.8. The molecule has 1 aromatic rings. The summed E-state index contributed by atoms with van der Waals surface area (Å²) in [6, 6.07) is 7.05. The lowest BCUT2D eigenvalue weighted by molar-refractivity contribution is -0.148. The molecule has 0 aliphatic rings. The molecule has 3 N–H and O–H groups in total. The average molecular weight is 442 g/mol. The summed E-state index contributed by atoms with van der Waals surface area (Å²) < 4.78 is 5.46. The van der Waals surface area contributed by atoms with Gasteiger partial charge in [-0.05, 0) is 40.4 Å². The quantitative estimate of drug-likeness (QED) is 0.477. The maximum absolute atomic E-state index is 11.8. The van der Waals surface area contributed by atoms with Crippen molar-refractivity contribution in [3.63, 3.8) is 0 Å². The van der Waals surface area contributed by atoms with Crippen molar-refractivity contribution in [1.82, 2.24) is 10.6 Å². The molecule has 0 aliphatic heterocycles. The Labute approximate surface area is 166 Å². The van der Waals surface area contributed by atoms with Gasteiger partial charge in [0.15, 0.2) is 6.61 Å². The fourth-order valence-corrected chi connectivity index (χ4v) is 2.25. The molecular formula is C18H24BrN3O5. The van der Waals surface area contributed by atoms with Crippen LogP contribution < -0.4 is 16.0 Å². The highest BCUT2D eigenvalue weighted by Crippen LogP contribution is 2.20. The molecule has 0 saturated heterocycles. The van der Waals surface area contributed by atoms with Crippen molar-refractivity contribution in [3.8, 4) is 0 Å². The molecule has 1 rings (SSSR count). The third-order valence-corrected chi connectivity index (χ3v) is 4.03. The Balaban J connectivity index is 2.19. The first-order valence-corrected chi connectivity index (χ1v) is 9.30. The fraction of sp³-hybridized carbons (Fsp3) is 0.444. The minimum Gasteiger partial charge on any atom is -0.454 e. The van der Waals surface area contributed by atoms with Gasteiger partial charge in [-0.3, -0.25) is 19.2 Å². The number of carbonyl (C=O) groups is 4. The Kier molecular flexibility index (Phi) is 10.1. The zero-order chi connectivity index (χ0) is 20.2. The summed E-state index contributed by atoms with van der Waals surface area (Å²) in [5.74, 6) is -1.60. The minimum absolute atomic E-state index is 0.242. The minimum atomic E-state index is -0.722. The van der Waals surface area contributed by atoms with Gasteiger partial charge in [0.25, 0.3) is 5.91 Å². The molecule has 0 radical (unpaired) electrons. The summed E-state index contributed by atoms with van der Waals surface area (Å²) in [5.41, 5.74) is 0.580. The molecule has 0 heterocycles. The lowest BCUT2D eigenvalue weighted by Gasteiger charge is -2.09. The van der Waals surface area contributed by atoms with Crippen molar-refractivity contribution >= 4 is 45.3 Å². The molecule has 0 unspecified atom stereocenters. The van der Waals surface area contributed by atoms with Gasteiger partial charge < -0.3 is 20.7 Å². The number of hydrogen-bond acceptors (Lipinski definition) is 5. The van der Waals surface area contributed by atoms with Crippen LogP contribution in [0, 0.1) is 5.92 Å². The molecule has 3 amide bonds. The van der Waals surface area contributed by atoms with Crippen LogP contribution in [-0.4, -0.2) is 43.4 Å². The number of anilines is 1. The lowest BCUT2D eigenvalue weighted by atomic mass is 10.1. The molecule has 0 fully saturated rings. The van der Waals surface area contributed by atoms with Crippen molar-refractivity contribution in [1.29, 1.82) is 0 Å². The summed E-state index contributed by atoms with van der Waals surface area (Å²) in [5, 5.41) is 7.40. The van der Waals surface area contributed by atoms with Crippen LogP contribution in [0.2, 0.25) is 0 Å². The van der Waals surface area contributed by atoms with E-state index in [1.54, 1.807) is 18.2 Å². The Bertz CT molecular complexity index is 679. The number of benzene rings is 1. The SMILES string of the molecule is CC(C)CCC(=O)NCC(=O)OCC(=O)NCC(=O)Nc1ccccc1Br. The van der Waals surface area contributed by atoms with Crippen molar-refractivity contribution in [2.75, 3.05) is 25.0 Å². The normalized spacial score (nSPS) is 10.2. The van der Waals surface area contributed by atoms with Gasteiger partial charge in [0.2, 0.25) is 11.8 Å². The second-order valence-electron chi connectivity index (χ2n) is 6.17. The van der Waals surface area contributed by atoms with E-state index in [2.05, 4.69) is 31.9 Å². The van der Waals surface area contributed by atoms with Crippen LogP contribution in [0.1, 0.15) is 26.7 Å². The molecule has 0 atom stereocenters. The van der Waals surface area contributed by atoms with E-state index in [4.69, 9.17) is 4.74 Å². The number of amides is 3. The number of nitrogens with one attached hydrogen (secondary N) is 3. The molecule has 0 saturated carbocycles. The van der Waals surface area contributed by atoms with Gasteiger partial charge >= 0.3 is 5.97 Å².